The first-order chi connectivity index (χ1) is 11.4. The van der Waals surface area contributed by atoms with E-state index in [0.717, 1.165) is 0 Å². The standard InChI is InChI=1S/C21H15NS/c1-2-7-15(8-3-1)16-13-14-22-18-10-4-5-11-19(18)23-20-12-6-9-17(16)21(20)22/h1-14,16H. The number of fused-ring (bicyclic) bond motifs is 2. The Hall–Kier alpha value is -2.45. The van der Waals surface area contributed by atoms with Crippen LogP contribution in [-0.4, -0.2) is 0 Å². The molecule has 0 N–H and O–H groups in total. The fraction of sp³-hybridized carbons (Fsp3) is 0.0476. The molecule has 0 saturated carbocycles. The largest absolute Gasteiger partial charge is 0.315 e. The molecule has 1 unspecified atom stereocenters. The van der Waals surface area contributed by atoms with E-state index in [1.165, 1.54) is 32.3 Å². The molecule has 0 bridgehead atoms. The van der Waals surface area contributed by atoms with Gasteiger partial charge in [0.1, 0.15) is 0 Å². The topological polar surface area (TPSA) is 3.24 Å². The molecule has 1 atom stereocenters. The van der Waals surface area contributed by atoms with E-state index in [0.29, 0.717) is 5.92 Å². The van der Waals surface area contributed by atoms with Gasteiger partial charge in [-0.25, -0.2) is 0 Å². The second kappa shape index (κ2) is 5.04. The number of hydrogen-bond acceptors (Lipinski definition) is 2. The Morgan fingerprint density at radius 2 is 1.52 bits per heavy atom. The van der Waals surface area contributed by atoms with Crippen molar-refractivity contribution in [1.82, 2.24) is 0 Å². The van der Waals surface area contributed by atoms with Crippen LogP contribution in [0.4, 0.5) is 11.4 Å². The van der Waals surface area contributed by atoms with Crippen molar-refractivity contribution >= 4 is 23.1 Å². The maximum absolute atomic E-state index is 2.34. The predicted octanol–water partition coefficient (Wildman–Crippen LogP) is 5.95. The summed E-state index contributed by atoms with van der Waals surface area (Å²) in [4.78, 5) is 5.00. The van der Waals surface area contributed by atoms with Crippen LogP contribution >= 0.6 is 11.8 Å². The highest BCUT2D eigenvalue weighted by atomic mass is 32.2. The van der Waals surface area contributed by atoms with Gasteiger partial charge in [-0.05, 0) is 29.3 Å². The molecule has 23 heavy (non-hydrogen) atoms. The summed E-state index contributed by atoms with van der Waals surface area (Å²) in [5.41, 5.74) is 5.35. The van der Waals surface area contributed by atoms with Crippen molar-refractivity contribution in [1.29, 1.82) is 0 Å². The number of rotatable bonds is 1. The highest BCUT2D eigenvalue weighted by molar-refractivity contribution is 7.99. The van der Waals surface area contributed by atoms with Crippen molar-refractivity contribution in [2.45, 2.75) is 15.7 Å². The summed E-state index contributed by atoms with van der Waals surface area (Å²) in [5, 5.41) is 0. The van der Waals surface area contributed by atoms with Gasteiger partial charge in [-0.3, -0.25) is 0 Å². The minimum Gasteiger partial charge on any atom is -0.315 e. The molecule has 2 aliphatic rings. The fourth-order valence-electron chi connectivity index (χ4n) is 3.49. The van der Waals surface area contributed by atoms with Crippen LogP contribution in [0.5, 0.6) is 0 Å². The number of anilines is 2. The molecule has 0 fully saturated rings. The Kier molecular flexibility index (Phi) is 2.85. The van der Waals surface area contributed by atoms with E-state index in [-0.39, 0.29) is 0 Å². The summed E-state index contributed by atoms with van der Waals surface area (Å²) >= 11 is 1.87. The predicted molar refractivity (Wildman–Crippen MR) is 96.6 cm³/mol. The first-order valence-electron chi connectivity index (χ1n) is 7.84. The van der Waals surface area contributed by atoms with E-state index in [2.05, 4.69) is 90.0 Å². The molecule has 0 spiro atoms. The molecule has 0 radical (unpaired) electrons. The molecule has 2 heterocycles. The molecule has 0 aliphatic carbocycles. The van der Waals surface area contributed by atoms with Crippen LogP contribution in [0.1, 0.15) is 17.0 Å². The minimum atomic E-state index is 0.327. The Morgan fingerprint density at radius 3 is 2.43 bits per heavy atom. The zero-order valence-corrected chi connectivity index (χ0v) is 13.3. The molecular formula is C21H15NS. The fourth-order valence-corrected chi connectivity index (χ4v) is 4.61. The van der Waals surface area contributed by atoms with Gasteiger partial charge in [-0.2, -0.15) is 0 Å². The van der Waals surface area contributed by atoms with Gasteiger partial charge in [0.15, 0.2) is 0 Å². The Bertz CT molecular complexity index is 914. The Morgan fingerprint density at radius 1 is 0.739 bits per heavy atom. The van der Waals surface area contributed by atoms with Crippen molar-refractivity contribution in [3.05, 3.63) is 96.2 Å². The molecule has 110 valence electrons. The first-order valence-corrected chi connectivity index (χ1v) is 8.66. The molecule has 1 nitrogen and oxygen atoms in total. The lowest BCUT2D eigenvalue weighted by Gasteiger charge is -2.36. The molecule has 3 aromatic carbocycles. The van der Waals surface area contributed by atoms with E-state index in [4.69, 9.17) is 0 Å². The Balaban J connectivity index is 1.72. The molecule has 0 saturated heterocycles. The summed E-state index contributed by atoms with van der Waals surface area (Å²) in [7, 11) is 0. The molecule has 0 amide bonds. The lowest BCUT2D eigenvalue weighted by molar-refractivity contribution is 0.957. The zero-order valence-electron chi connectivity index (χ0n) is 12.5. The molecule has 3 aromatic rings. The van der Waals surface area contributed by atoms with Gasteiger partial charge in [0, 0.05) is 21.9 Å². The molecule has 0 aromatic heterocycles. The monoisotopic (exact) mass is 313 g/mol. The van der Waals surface area contributed by atoms with E-state index in [1.54, 1.807) is 0 Å². The van der Waals surface area contributed by atoms with Crippen LogP contribution in [0.15, 0.2) is 94.9 Å². The average molecular weight is 313 g/mol. The van der Waals surface area contributed by atoms with Gasteiger partial charge in [-0.15, -0.1) is 0 Å². The molecule has 5 rings (SSSR count). The second-order valence-corrected chi connectivity index (χ2v) is 6.95. The van der Waals surface area contributed by atoms with Crippen molar-refractivity contribution in [2.24, 2.45) is 0 Å². The third-order valence-electron chi connectivity index (χ3n) is 4.54. The van der Waals surface area contributed by atoms with Gasteiger partial charge >= 0.3 is 0 Å². The van der Waals surface area contributed by atoms with E-state index < -0.39 is 0 Å². The molecule has 2 aliphatic heterocycles. The number of allylic oxidation sites excluding steroid dienone is 1. The summed E-state index contributed by atoms with van der Waals surface area (Å²) in [6.07, 6.45) is 4.55. The van der Waals surface area contributed by atoms with Crippen LogP contribution < -0.4 is 4.90 Å². The maximum atomic E-state index is 2.34. The minimum absolute atomic E-state index is 0.327. The number of benzene rings is 3. The SMILES string of the molecule is C1=CN2c3ccccc3Sc3cccc(c32)C1c1ccccc1. The van der Waals surface area contributed by atoms with Gasteiger partial charge in [0.25, 0.3) is 0 Å². The van der Waals surface area contributed by atoms with Crippen LogP contribution in [0.3, 0.4) is 0 Å². The highest BCUT2D eigenvalue weighted by Crippen LogP contribution is 2.53. The van der Waals surface area contributed by atoms with Crippen LogP contribution in [0, 0.1) is 0 Å². The summed E-state index contributed by atoms with van der Waals surface area (Å²) in [5.74, 6) is 0.327. The first kappa shape index (κ1) is 13.0. The summed E-state index contributed by atoms with van der Waals surface area (Å²) in [6, 6.07) is 26.1. The lowest BCUT2D eigenvalue weighted by atomic mass is 9.87. The number of para-hydroxylation sites is 2. The van der Waals surface area contributed by atoms with Crippen molar-refractivity contribution in [3.8, 4) is 0 Å². The van der Waals surface area contributed by atoms with Gasteiger partial charge in [0.05, 0.1) is 11.4 Å². The number of nitrogens with zero attached hydrogens (tertiary/aromatic N) is 1. The molecular weight excluding hydrogens is 298 g/mol. The normalized spacial score (nSPS) is 17.6. The number of hydrogen-bond donors (Lipinski definition) is 0. The zero-order chi connectivity index (χ0) is 15.2. The van der Waals surface area contributed by atoms with Gasteiger partial charge in [0.2, 0.25) is 0 Å². The van der Waals surface area contributed by atoms with E-state index in [1.807, 2.05) is 11.8 Å². The van der Waals surface area contributed by atoms with E-state index >= 15 is 0 Å². The third-order valence-corrected chi connectivity index (χ3v) is 5.65. The average Bonchev–Trinajstić information content (AvgIpc) is 2.63. The van der Waals surface area contributed by atoms with Crippen molar-refractivity contribution in [2.75, 3.05) is 4.90 Å². The van der Waals surface area contributed by atoms with E-state index in [9.17, 15) is 0 Å². The molecule has 2 heteroatoms. The maximum Gasteiger partial charge on any atom is 0.0636 e. The lowest BCUT2D eigenvalue weighted by Crippen LogP contribution is -2.20. The van der Waals surface area contributed by atoms with Crippen molar-refractivity contribution in [3.63, 3.8) is 0 Å². The summed E-state index contributed by atoms with van der Waals surface area (Å²) in [6.45, 7) is 0. The highest BCUT2D eigenvalue weighted by Gasteiger charge is 2.29. The smallest absolute Gasteiger partial charge is 0.0636 e. The van der Waals surface area contributed by atoms with Crippen LogP contribution in [0.2, 0.25) is 0 Å². The summed E-state index contributed by atoms with van der Waals surface area (Å²) < 4.78 is 0. The second-order valence-electron chi connectivity index (χ2n) is 5.86. The third kappa shape index (κ3) is 1.95. The Labute approximate surface area is 140 Å². The van der Waals surface area contributed by atoms with Gasteiger partial charge < -0.3 is 4.90 Å². The van der Waals surface area contributed by atoms with Crippen LogP contribution in [0.25, 0.3) is 0 Å². The quantitative estimate of drug-likeness (QED) is 0.546. The van der Waals surface area contributed by atoms with Crippen molar-refractivity contribution < 1.29 is 0 Å². The van der Waals surface area contributed by atoms with Crippen LogP contribution in [-0.2, 0) is 0 Å². The van der Waals surface area contributed by atoms with Gasteiger partial charge in [-0.1, -0.05) is 72.4 Å².